The van der Waals surface area contributed by atoms with Crippen molar-refractivity contribution in [2.75, 3.05) is 0 Å². The third-order valence-corrected chi connectivity index (χ3v) is 4.82. The highest BCUT2D eigenvalue weighted by Crippen LogP contribution is 2.45. The summed E-state index contributed by atoms with van der Waals surface area (Å²) in [6.45, 7) is 6.09. The first-order valence-electron chi connectivity index (χ1n) is 7.59. The van der Waals surface area contributed by atoms with Crippen molar-refractivity contribution in [3.63, 3.8) is 0 Å². The maximum atomic E-state index is 14.7. The second-order valence-corrected chi connectivity index (χ2v) is 6.44. The third kappa shape index (κ3) is 2.18. The van der Waals surface area contributed by atoms with Gasteiger partial charge in [-0.1, -0.05) is 37.3 Å². The lowest BCUT2D eigenvalue weighted by atomic mass is 9.68. The van der Waals surface area contributed by atoms with Crippen LogP contribution < -0.4 is 5.73 Å². The predicted molar refractivity (Wildman–Crippen MR) is 84.9 cm³/mol. The fraction of sp³-hybridized carbons (Fsp3) is 0.368. The number of halogens is 1. The number of benzene rings is 2. The van der Waals surface area contributed by atoms with E-state index in [1.165, 1.54) is 5.56 Å². The average molecular weight is 283 g/mol. The van der Waals surface area contributed by atoms with Gasteiger partial charge in [-0.3, -0.25) is 0 Å². The third-order valence-electron chi connectivity index (χ3n) is 4.82. The minimum absolute atomic E-state index is 0.181. The van der Waals surface area contributed by atoms with E-state index < -0.39 is 5.54 Å². The summed E-state index contributed by atoms with van der Waals surface area (Å²) in [4.78, 5) is 0. The van der Waals surface area contributed by atoms with Crippen molar-refractivity contribution in [1.82, 2.24) is 0 Å². The van der Waals surface area contributed by atoms with Crippen LogP contribution in [0.15, 0.2) is 36.4 Å². The Kier molecular flexibility index (Phi) is 3.37. The number of rotatable bonds is 1. The molecular weight excluding hydrogens is 261 g/mol. The van der Waals surface area contributed by atoms with Crippen LogP contribution >= 0.6 is 0 Å². The molecule has 0 aromatic heterocycles. The van der Waals surface area contributed by atoms with Gasteiger partial charge in [0.1, 0.15) is 5.82 Å². The topological polar surface area (TPSA) is 26.0 Å². The number of aryl methyl sites for hydroxylation is 2. The molecule has 0 radical (unpaired) electrons. The fourth-order valence-corrected chi connectivity index (χ4v) is 3.81. The van der Waals surface area contributed by atoms with E-state index in [-0.39, 0.29) is 5.82 Å². The van der Waals surface area contributed by atoms with E-state index in [1.807, 2.05) is 32.0 Å². The lowest BCUT2D eigenvalue weighted by molar-refractivity contribution is 0.394. The standard InChI is InChI=1S/C19H22FN/c1-12-10-14(3)18(17(20)11-12)19(21)9-8-13(2)15-6-4-5-7-16(15)19/h4-7,10-11,13H,8-9,21H2,1-3H3. The Bertz CT molecular complexity index is 669. The largest absolute Gasteiger partial charge is 0.318 e. The van der Waals surface area contributed by atoms with Crippen LogP contribution in [0, 0.1) is 19.7 Å². The first-order chi connectivity index (χ1) is 9.93. The van der Waals surface area contributed by atoms with E-state index in [0.717, 1.165) is 29.5 Å². The first-order valence-corrected chi connectivity index (χ1v) is 7.59. The second kappa shape index (κ2) is 4.96. The summed E-state index contributed by atoms with van der Waals surface area (Å²) in [6, 6.07) is 11.8. The van der Waals surface area contributed by atoms with E-state index in [0.29, 0.717) is 11.5 Å². The van der Waals surface area contributed by atoms with Crippen LogP contribution in [0.25, 0.3) is 0 Å². The van der Waals surface area contributed by atoms with Gasteiger partial charge in [0.25, 0.3) is 0 Å². The number of hydrogen-bond donors (Lipinski definition) is 1. The number of hydrogen-bond acceptors (Lipinski definition) is 1. The Morgan fingerprint density at radius 1 is 1.19 bits per heavy atom. The molecule has 0 aliphatic heterocycles. The molecule has 0 saturated heterocycles. The van der Waals surface area contributed by atoms with E-state index in [4.69, 9.17) is 5.73 Å². The molecule has 2 N–H and O–H groups in total. The van der Waals surface area contributed by atoms with Gasteiger partial charge < -0.3 is 5.73 Å². The van der Waals surface area contributed by atoms with Gasteiger partial charge in [0.05, 0.1) is 5.54 Å². The average Bonchev–Trinajstić information content (AvgIpc) is 2.42. The van der Waals surface area contributed by atoms with Crippen molar-refractivity contribution in [2.45, 2.75) is 45.1 Å². The highest BCUT2D eigenvalue weighted by Gasteiger charge is 2.39. The predicted octanol–water partition coefficient (Wildman–Crippen LogP) is 4.54. The van der Waals surface area contributed by atoms with Crippen LogP contribution in [-0.2, 0) is 5.54 Å². The van der Waals surface area contributed by atoms with Crippen molar-refractivity contribution in [2.24, 2.45) is 5.73 Å². The van der Waals surface area contributed by atoms with Crippen molar-refractivity contribution in [3.8, 4) is 0 Å². The molecule has 2 unspecified atom stereocenters. The molecule has 110 valence electrons. The summed E-state index contributed by atoms with van der Waals surface area (Å²) in [6.07, 6.45) is 1.77. The summed E-state index contributed by atoms with van der Waals surface area (Å²) in [5.41, 5.74) is 10.9. The van der Waals surface area contributed by atoms with Crippen LogP contribution in [0.1, 0.15) is 53.5 Å². The van der Waals surface area contributed by atoms with Crippen LogP contribution in [0.2, 0.25) is 0 Å². The first kappa shape index (κ1) is 14.3. The van der Waals surface area contributed by atoms with Crippen LogP contribution in [0.5, 0.6) is 0 Å². The second-order valence-electron chi connectivity index (χ2n) is 6.44. The van der Waals surface area contributed by atoms with E-state index in [1.54, 1.807) is 6.07 Å². The quantitative estimate of drug-likeness (QED) is 0.817. The van der Waals surface area contributed by atoms with Crippen LogP contribution in [-0.4, -0.2) is 0 Å². The molecule has 2 aromatic carbocycles. The van der Waals surface area contributed by atoms with Gasteiger partial charge in [0.2, 0.25) is 0 Å². The Morgan fingerprint density at radius 3 is 2.62 bits per heavy atom. The number of nitrogens with two attached hydrogens (primary N) is 1. The molecule has 1 aliphatic carbocycles. The van der Waals surface area contributed by atoms with Gasteiger partial charge >= 0.3 is 0 Å². The summed E-state index contributed by atoms with van der Waals surface area (Å²) in [7, 11) is 0. The van der Waals surface area contributed by atoms with Crippen molar-refractivity contribution in [3.05, 3.63) is 70.0 Å². The van der Waals surface area contributed by atoms with Gasteiger partial charge in [-0.25, -0.2) is 4.39 Å². The molecule has 2 atom stereocenters. The Labute approximate surface area is 126 Å². The molecule has 1 nitrogen and oxygen atoms in total. The molecule has 2 aromatic rings. The Morgan fingerprint density at radius 2 is 1.90 bits per heavy atom. The van der Waals surface area contributed by atoms with Gasteiger partial charge in [-0.05, 0) is 60.9 Å². The maximum Gasteiger partial charge on any atom is 0.129 e. The lowest BCUT2D eigenvalue weighted by Crippen LogP contribution is -2.43. The molecule has 3 rings (SSSR count). The van der Waals surface area contributed by atoms with E-state index >= 15 is 0 Å². The summed E-state index contributed by atoms with van der Waals surface area (Å²) in [5, 5.41) is 0. The van der Waals surface area contributed by atoms with E-state index in [9.17, 15) is 4.39 Å². The SMILES string of the molecule is Cc1cc(C)c(C2(N)CCC(C)c3ccccc32)c(F)c1. The zero-order chi connectivity index (χ0) is 15.2. The minimum Gasteiger partial charge on any atom is -0.318 e. The monoisotopic (exact) mass is 283 g/mol. The molecule has 2 heteroatoms. The molecule has 0 bridgehead atoms. The highest BCUT2D eigenvalue weighted by molar-refractivity contribution is 5.49. The number of fused-ring (bicyclic) bond motifs is 1. The van der Waals surface area contributed by atoms with Crippen LogP contribution in [0.4, 0.5) is 4.39 Å². The molecular formula is C19H22FN. The van der Waals surface area contributed by atoms with Crippen molar-refractivity contribution < 1.29 is 4.39 Å². The highest BCUT2D eigenvalue weighted by atomic mass is 19.1. The molecule has 21 heavy (non-hydrogen) atoms. The Hall–Kier alpha value is -1.67. The molecule has 0 spiro atoms. The fourth-order valence-electron chi connectivity index (χ4n) is 3.81. The van der Waals surface area contributed by atoms with Gasteiger partial charge in [0.15, 0.2) is 0 Å². The normalized spacial score (nSPS) is 24.7. The molecule has 0 saturated carbocycles. The maximum absolute atomic E-state index is 14.7. The van der Waals surface area contributed by atoms with Gasteiger partial charge in [-0.15, -0.1) is 0 Å². The lowest BCUT2D eigenvalue weighted by Gasteiger charge is -2.40. The Balaban J connectivity index is 2.26. The zero-order valence-electron chi connectivity index (χ0n) is 12.9. The molecule has 0 heterocycles. The molecule has 0 fully saturated rings. The molecule has 1 aliphatic rings. The summed E-state index contributed by atoms with van der Waals surface area (Å²) >= 11 is 0. The van der Waals surface area contributed by atoms with Gasteiger partial charge in [-0.2, -0.15) is 0 Å². The summed E-state index contributed by atoms with van der Waals surface area (Å²) in [5.74, 6) is 0.297. The van der Waals surface area contributed by atoms with Gasteiger partial charge in [0, 0.05) is 5.56 Å². The van der Waals surface area contributed by atoms with Crippen LogP contribution in [0.3, 0.4) is 0 Å². The molecule has 0 amide bonds. The van der Waals surface area contributed by atoms with Crippen molar-refractivity contribution >= 4 is 0 Å². The minimum atomic E-state index is -0.717. The van der Waals surface area contributed by atoms with Crippen molar-refractivity contribution in [1.29, 1.82) is 0 Å². The smallest absolute Gasteiger partial charge is 0.129 e. The summed E-state index contributed by atoms with van der Waals surface area (Å²) < 4.78 is 14.7. The zero-order valence-corrected chi connectivity index (χ0v) is 12.9. The van der Waals surface area contributed by atoms with E-state index in [2.05, 4.69) is 19.1 Å².